The van der Waals surface area contributed by atoms with Gasteiger partial charge in [-0.3, -0.25) is 13.9 Å². The molecule has 172 valence electrons. The first kappa shape index (κ1) is 21.7. The Morgan fingerprint density at radius 2 is 1.65 bits per heavy atom. The van der Waals surface area contributed by atoms with Crippen LogP contribution in [0, 0.1) is 0 Å². The highest BCUT2D eigenvalue weighted by molar-refractivity contribution is 7.92. The number of aromatic nitrogens is 2. The number of benzene rings is 3. The first-order valence-corrected chi connectivity index (χ1v) is 12.0. The van der Waals surface area contributed by atoms with Gasteiger partial charge in [-0.15, -0.1) is 0 Å². The van der Waals surface area contributed by atoms with E-state index in [2.05, 4.69) is 10.3 Å². The highest BCUT2D eigenvalue weighted by Gasteiger charge is 2.35. The third-order valence-electron chi connectivity index (χ3n) is 5.73. The fraction of sp³-hybridized carbons (Fsp3) is 0.125. The van der Waals surface area contributed by atoms with Crippen LogP contribution >= 0.6 is 0 Å². The van der Waals surface area contributed by atoms with Crippen LogP contribution in [0.2, 0.25) is 0 Å². The number of aromatic amines is 1. The Balaban J connectivity index is 1.68. The second kappa shape index (κ2) is 7.99. The molecule has 9 nitrogen and oxygen atoms in total. The second-order valence-electron chi connectivity index (χ2n) is 8.03. The summed E-state index contributed by atoms with van der Waals surface area (Å²) in [5.41, 5.74) is -0.00260. The Bertz CT molecular complexity index is 1670. The van der Waals surface area contributed by atoms with Crippen molar-refractivity contribution >= 4 is 38.2 Å². The van der Waals surface area contributed by atoms with E-state index in [1.807, 2.05) is 0 Å². The fourth-order valence-electron chi connectivity index (χ4n) is 4.22. The maximum absolute atomic E-state index is 13.8. The van der Waals surface area contributed by atoms with Gasteiger partial charge in [0, 0.05) is 6.42 Å². The molecule has 34 heavy (non-hydrogen) atoms. The monoisotopic (exact) mass is 476 g/mol. The SMILES string of the molecule is CC1CC(=O)Nc2ccccc2N1S(=O)(=O)c1cccc(-n2c(=O)[nH]c3ccccc3c2=O)c1. The lowest BCUT2D eigenvalue weighted by Gasteiger charge is -2.29. The van der Waals surface area contributed by atoms with Gasteiger partial charge in [0.1, 0.15) is 0 Å². The van der Waals surface area contributed by atoms with Gasteiger partial charge >= 0.3 is 5.69 Å². The largest absolute Gasteiger partial charge is 0.333 e. The third kappa shape index (κ3) is 3.48. The molecule has 0 saturated heterocycles. The molecule has 2 N–H and O–H groups in total. The van der Waals surface area contributed by atoms with E-state index in [9.17, 15) is 22.8 Å². The lowest BCUT2D eigenvalue weighted by molar-refractivity contribution is -0.116. The van der Waals surface area contributed by atoms with Gasteiger partial charge in [0.25, 0.3) is 15.6 Å². The molecule has 0 radical (unpaired) electrons. The van der Waals surface area contributed by atoms with Crippen molar-refractivity contribution < 1.29 is 13.2 Å². The molecule has 1 amide bonds. The normalized spacial score (nSPS) is 16.1. The predicted octanol–water partition coefficient (Wildman–Crippen LogP) is 2.61. The molecule has 5 rings (SSSR count). The van der Waals surface area contributed by atoms with Crippen molar-refractivity contribution in [3.63, 3.8) is 0 Å². The van der Waals surface area contributed by atoms with Gasteiger partial charge in [-0.05, 0) is 49.4 Å². The van der Waals surface area contributed by atoms with Gasteiger partial charge in [0.2, 0.25) is 5.91 Å². The summed E-state index contributed by atoms with van der Waals surface area (Å²) in [7, 11) is -4.16. The Morgan fingerprint density at radius 1 is 0.912 bits per heavy atom. The summed E-state index contributed by atoms with van der Waals surface area (Å²) >= 11 is 0. The Morgan fingerprint density at radius 3 is 2.47 bits per heavy atom. The predicted molar refractivity (Wildman–Crippen MR) is 129 cm³/mol. The molecule has 0 aliphatic carbocycles. The van der Waals surface area contributed by atoms with Crippen LogP contribution in [0.3, 0.4) is 0 Å². The van der Waals surface area contributed by atoms with Crippen LogP contribution in [0.25, 0.3) is 16.6 Å². The molecule has 1 aromatic heterocycles. The van der Waals surface area contributed by atoms with Crippen molar-refractivity contribution in [2.75, 3.05) is 9.62 Å². The van der Waals surface area contributed by atoms with E-state index in [0.717, 1.165) is 4.57 Å². The zero-order valence-corrected chi connectivity index (χ0v) is 18.9. The van der Waals surface area contributed by atoms with E-state index in [-0.39, 0.29) is 22.9 Å². The average Bonchev–Trinajstić information content (AvgIpc) is 2.93. The minimum Gasteiger partial charge on any atom is -0.324 e. The number of para-hydroxylation sites is 3. The lowest BCUT2D eigenvalue weighted by Crippen LogP contribution is -2.39. The number of hydrogen-bond donors (Lipinski definition) is 2. The summed E-state index contributed by atoms with van der Waals surface area (Å²) in [6.07, 6.45) is -0.0304. The van der Waals surface area contributed by atoms with Crippen molar-refractivity contribution in [1.29, 1.82) is 0 Å². The van der Waals surface area contributed by atoms with E-state index < -0.39 is 27.3 Å². The third-order valence-corrected chi connectivity index (χ3v) is 7.66. The van der Waals surface area contributed by atoms with Crippen molar-refractivity contribution in [2.45, 2.75) is 24.3 Å². The number of nitrogens with zero attached hydrogens (tertiary/aromatic N) is 2. The molecular formula is C24H20N4O5S. The van der Waals surface area contributed by atoms with Crippen LogP contribution in [0.4, 0.5) is 11.4 Å². The molecule has 1 aliphatic heterocycles. The average molecular weight is 477 g/mol. The minimum atomic E-state index is -4.16. The van der Waals surface area contributed by atoms with Crippen LogP contribution in [0.5, 0.6) is 0 Å². The van der Waals surface area contributed by atoms with Crippen LogP contribution < -0.4 is 20.9 Å². The summed E-state index contributed by atoms with van der Waals surface area (Å²) in [4.78, 5) is 40.6. The minimum absolute atomic E-state index is 0.0304. The van der Waals surface area contributed by atoms with Gasteiger partial charge in [-0.2, -0.15) is 0 Å². The Labute approximate surface area is 194 Å². The number of anilines is 2. The molecule has 4 aromatic rings. The molecule has 1 unspecified atom stereocenters. The van der Waals surface area contributed by atoms with Crippen LogP contribution in [-0.2, 0) is 14.8 Å². The maximum atomic E-state index is 13.8. The highest BCUT2D eigenvalue weighted by Crippen LogP contribution is 2.35. The fourth-order valence-corrected chi connectivity index (χ4v) is 5.94. The topological polar surface area (TPSA) is 121 Å². The van der Waals surface area contributed by atoms with E-state index in [4.69, 9.17) is 0 Å². The van der Waals surface area contributed by atoms with Crippen molar-refractivity contribution in [2.24, 2.45) is 0 Å². The number of fused-ring (bicyclic) bond motifs is 2. The smallest absolute Gasteiger partial charge is 0.324 e. The van der Waals surface area contributed by atoms with Crippen LogP contribution in [-0.4, -0.2) is 29.9 Å². The molecule has 0 bridgehead atoms. The molecular weight excluding hydrogens is 456 g/mol. The quantitative estimate of drug-likeness (QED) is 0.471. The van der Waals surface area contributed by atoms with Gasteiger partial charge < -0.3 is 10.3 Å². The van der Waals surface area contributed by atoms with Gasteiger partial charge in [-0.1, -0.05) is 30.3 Å². The first-order valence-electron chi connectivity index (χ1n) is 10.6. The van der Waals surface area contributed by atoms with Crippen LogP contribution in [0.1, 0.15) is 13.3 Å². The first-order chi connectivity index (χ1) is 16.3. The summed E-state index contributed by atoms with van der Waals surface area (Å²) in [5.74, 6) is -0.291. The van der Waals surface area contributed by atoms with E-state index >= 15 is 0 Å². The summed E-state index contributed by atoms with van der Waals surface area (Å²) in [6, 6.07) is 18.2. The van der Waals surface area contributed by atoms with E-state index in [0.29, 0.717) is 22.3 Å². The molecule has 1 aliphatic rings. The Hall–Kier alpha value is -4.18. The molecule has 0 saturated carbocycles. The summed E-state index contributed by atoms with van der Waals surface area (Å²) < 4.78 is 29.7. The molecule has 0 spiro atoms. The number of hydrogen-bond acceptors (Lipinski definition) is 5. The van der Waals surface area contributed by atoms with Gasteiger partial charge in [0.15, 0.2) is 0 Å². The molecule has 2 heterocycles. The highest BCUT2D eigenvalue weighted by atomic mass is 32.2. The number of sulfonamides is 1. The lowest BCUT2D eigenvalue weighted by atomic mass is 10.2. The van der Waals surface area contributed by atoms with Gasteiger partial charge in [0.05, 0.1) is 38.9 Å². The maximum Gasteiger partial charge on any atom is 0.333 e. The molecule has 0 fully saturated rings. The molecule has 3 aromatic carbocycles. The number of H-pyrrole nitrogens is 1. The number of rotatable bonds is 3. The van der Waals surface area contributed by atoms with Crippen molar-refractivity contribution in [1.82, 2.24) is 9.55 Å². The summed E-state index contributed by atoms with van der Waals surface area (Å²) in [5, 5.41) is 3.04. The van der Waals surface area contributed by atoms with Crippen LogP contribution in [0.15, 0.2) is 87.3 Å². The number of carbonyl (C=O) groups excluding carboxylic acids is 1. The van der Waals surface area contributed by atoms with Crippen molar-refractivity contribution in [3.05, 3.63) is 93.6 Å². The number of carbonyl (C=O) groups is 1. The van der Waals surface area contributed by atoms with Gasteiger partial charge in [-0.25, -0.2) is 17.8 Å². The molecule has 1 atom stereocenters. The zero-order chi connectivity index (χ0) is 24.0. The summed E-state index contributed by atoms with van der Waals surface area (Å²) in [6.45, 7) is 1.65. The second-order valence-corrected chi connectivity index (χ2v) is 9.85. The standard InChI is InChI=1S/C24H20N4O5S/c1-15-13-22(29)25-20-11-4-5-12-21(20)28(15)34(32,33)17-8-6-7-16(14-17)27-23(30)18-9-2-3-10-19(18)26-24(27)31/h2-12,14-15H,13H2,1H3,(H,25,29)(H,26,31). The van der Waals surface area contributed by atoms with Crippen molar-refractivity contribution in [3.8, 4) is 5.69 Å². The van der Waals surface area contributed by atoms with E-state index in [1.54, 1.807) is 55.5 Å². The Kier molecular flexibility index (Phi) is 5.09. The molecule has 10 heteroatoms. The number of nitrogens with one attached hydrogen (secondary N) is 2. The van der Waals surface area contributed by atoms with E-state index in [1.165, 1.54) is 28.6 Å². The number of amides is 1. The zero-order valence-electron chi connectivity index (χ0n) is 18.1.